The third kappa shape index (κ3) is 9.95. The lowest BCUT2D eigenvalue weighted by Crippen LogP contribution is -2.37. The average molecular weight is 458 g/mol. The number of carboxylic acids is 1. The number of amides is 1. The third-order valence-electron chi connectivity index (χ3n) is 5.03. The Hall–Kier alpha value is -3.06. The second-order valence-corrected chi connectivity index (χ2v) is 8.18. The Kier molecular flexibility index (Phi) is 11.2. The normalized spacial score (nSPS) is 11.8. The summed E-state index contributed by atoms with van der Waals surface area (Å²) in [7, 11) is 0. The number of hydrogen-bond acceptors (Lipinski definition) is 5. The summed E-state index contributed by atoms with van der Waals surface area (Å²) < 4.78 is 16.6. The van der Waals surface area contributed by atoms with Gasteiger partial charge < -0.3 is 24.2 Å². The van der Waals surface area contributed by atoms with Gasteiger partial charge in [0.15, 0.2) is 6.10 Å². The van der Waals surface area contributed by atoms with E-state index >= 15 is 0 Å². The van der Waals surface area contributed by atoms with Crippen LogP contribution in [0.4, 0.5) is 4.79 Å². The molecule has 0 radical (unpaired) electrons. The maximum Gasteiger partial charge on any atom is 0.415 e. The van der Waals surface area contributed by atoms with Crippen molar-refractivity contribution in [2.75, 3.05) is 26.3 Å². The molecule has 0 aliphatic rings. The Balaban J connectivity index is 1.89. The predicted molar refractivity (Wildman–Crippen MR) is 127 cm³/mol. The number of carbonyl (C=O) groups excluding carboxylic acids is 1. The molecule has 33 heavy (non-hydrogen) atoms. The van der Waals surface area contributed by atoms with E-state index in [1.54, 1.807) is 36.1 Å². The molecule has 1 amide bonds. The highest BCUT2D eigenvalue weighted by atomic mass is 16.6. The standard InChI is InChI=1S/C26H35NO6/c1-4-31-24(25(28)29)19-21-12-14-22(15-13-21)32-18-17-27(16-8-9-20(2)3)26(30)33-23-10-6-5-7-11-23/h5-7,10-15,20,24H,4,8-9,16-19H2,1-3H3,(H,28,29). The number of benzene rings is 2. The molecule has 1 N–H and O–H groups in total. The second kappa shape index (κ2) is 14.2. The van der Waals surface area contributed by atoms with E-state index in [1.165, 1.54) is 0 Å². The van der Waals surface area contributed by atoms with Crippen molar-refractivity contribution in [3.05, 3.63) is 60.2 Å². The highest BCUT2D eigenvalue weighted by molar-refractivity contribution is 5.72. The van der Waals surface area contributed by atoms with E-state index < -0.39 is 12.1 Å². The summed E-state index contributed by atoms with van der Waals surface area (Å²) in [6.45, 7) is 7.75. The molecular weight excluding hydrogens is 422 g/mol. The number of nitrogens with zero attached hydrogens (tertiary/aromatic N) is 1. The quantitative estimate of drug-likeness (QED) is 0.428. The van der Waals surface area contributed by atoms with Crippen LogP contribution in [0.25, 0.3) is 0 Å². The smallest absolute Gasteiger partial charge is 0.415 e. The highest BCUT2D eigenvalue weighted by Crippen LogP contribution is 2.16. The zero-order chi connectivity index (χ0) is 24.1. The molecule has 0 fully saturated rings. The summed E-state index contributed by atoms with van der Waals surface area (Å²) in [4.78, 5) is 25.6. The molecule has 180 valence electrons. The lowest BCUT2D eigenvalue weighted by Gasteiger charge is -2.22. The van der Waals surface area contributed by atoms with Gasteiger partial charge in [-0.15, -0.1) is 0 Å². The largest absolute Gasteiger partial charge is 0.492 e. The zero-order valence-corrected chi connectivity index (χ0v) is 19.7. The van der Waals surface area contributed by atoms with Crippen molar-refractivity contribution in [3.63, 3.8) is 0 Å². The van der Waals surface area contributed by atoms with Gasteiger partial charge in [0.2, 0.25) is 0 Å². The fourth-order valence-corrected chi connectivity index (χ4v) is 3.27. The number of ether oxygens (including phenoxy) is 3. The Morgan fingerprint density at radius 1 is 0.970 bits per heavy atom. The summed E-state index contributed by atoms with van der Waals surface area (Å²) in [6, 6.07) is 16.3. The molecule has 0 aromatic heterocycles. The second-order valence-electron chi connectivity index (χ2n) is 8.18. The van der Waals surface area contributed by atoms with Gasteiger partial charge >= 0.3 is 12.1 Å². The van der Waals surface area contributed by atoms with Crippen LogP contribution in [-0.2, 0) is 16.0 Å². The van der Waals surface area contributed by atoms with Gasteiger partial charge in [0.25, 0.3) is 0 Å². The number of rotatable bonds is 14. The van der Waals surface area contributed by atoms with Gasteiger partial charge in [0.1, 0.15) is 18.1 Å². The minimum absolute atomic E-state index is 0.290. The first-order valence-corrected chi connectivity index (χ1v) is 11.5. The number of carboxylic acid groups (broad SMARTS) is 1. The van der Waals surface area contributed by atoms with E-state index in [1.807, 2.05) is 30.3 Å². The van der Waals surface area contributed by atoms with E-state index in [-0.39, 0.29) is 6.09 Å². The molecule has 1 atom stereocenters. The number of hydrogen-bond donors (Lipinski definition) is 1. The van der Waals surface area contributed by atoms with Gasteiger partial charge in [-0.25, -0.2) is 9.59 Å². The van der Waals surface area contributed by atoms with Crippen LogP contribution in [0.15, 0.2) is 54.6 Å². The van der Waals surface area contributed by atoms with E-state index in [0.29, 0.717) is 50.1 Å². The van der Waals surface area contributed by atoms with Crippen molar-refractivity contribution in [1.82, 2.24) is 4.90 Å². The predicted octanol–water partition coefficient (Wildman–Crippen LogP) is 5.03. The molecule has 1 unspecified atom stereocenters. The van der Waals surface area contributed by atoms with Gasteiger partial charge in [0.05, 0.1) is 6.54 Å². The van der Waals surface area contributed by atoms with Gasteiger partial charge in [-0.3, -0.25) is 0 Å². The summed E-state index contributed by atoms with van der Waals surface area (Å²) >= 11 is 0. The SMILES string of the molecule is CCOC(Cc1ccc(OCCN(CCCC(C)C)C(=O)Oc2ccccc2)cc1)C(=O)O. The Morgan fingerprint density at radius 3 is 2.27 bits per heavy atom. The zero-order valence-electron chi connectivity index (χ0n) is 19.7. The fourth-order valence-electron chi connectivity index (χ4n) is 3.27. The molecule has 0 spiro atoms. The first-order valence-electron chi connectivity index (χ1n) is 11.5. The molecule has 0 aliphatic heterocycles. The number of para-hydroxylation sites is 1. The summed E-state index contributed by atoms with van der Waals surface area (Å²) in [5, 5.41) is 9.23. The molecule has 0 saturated carbocycles. The maximum atomic E-state index is 12.7. The molecule has 7 nitrogen and oxygen atoms in total. The third-order valence-corrected chi connectivity index (χ3v) is 5.03. The Morgan fingerprint density at radius 2 is 1.67 bits per heavy atom. The van der Waals surface area contributed by atoms with Crippen LogP contribution < -0.4 is 9.47 Å². The van der Waals surface area contributed by atoms with Crippen molar-refractivity contribution >= 4 is 12.1 Å². The average Bonchev–Trinajstić information content (AvgIpc) is 2.79. The lowest BCUT2D eigenvalue weighted by atomic mass is 10.1. The van der Waals surface area contributed by atoms with Crippen LogP contribution in [0.2, 0.25) is 0 Å². The molecule has 2 rings (SSSR count). The molecule has 0 heterocycles. The lowest BCUT2D eigenvalue weighted by molar-refractivity contribution is -0.149. The summed E-state index contributed by atoms with van der Waals surface area (Å²) in [6.07, 6.45) is 0.951. The van der Waals surface area contributed by atoms with Gasteiger partial charge in [-0.1, -0.05) is 44.2 Å². The highest BCUT2D eigenvalue weighted by Gasteiger charge is 2.18. The Labute approximate surface area is 196 Å². The molecule has 2 aromatic carbocycles. The molecule has 2 aromatic rings. The first kappa shape index (κ1) is 26.2. The monoisotopic (exact) mass is 457 g/mol. The first-order chi connectivity index (χ1) is 15.9. The van der Waals surface area contributed by atoms with Crippen molar-refractivity contribution in [2.45, 2.75) is 46.1 Å². The van der Waals surface area contributed by atoms with Crippen LogP contribution >= 0.6 is 0 Å². The molecule has 0 aliphatic carbocycles. The van der Waals surface area contributed by atoms with E-state index in [0.717, 1.165) is 18.4 Å². The minimum Gasteiger partial charge on any atom is -0.492 e. The van der Waals surface area contributed by atoms with Crippen LogP contribution in [0.5, 0.6) is 11.5 Å². The van der Waals surface area contributed by atoms with Crippen LogP contribution in [0, 0.1) is 5.92 Å². The van der Waals surface area contributed by atoms with Crippen LogP contribution in [0.1, 0.15) is 39.2 Å². The van der Waals surface area contributed by atoms with Crippen molar-refractivity contribution in [3.8, 4) is 11.5 Å². The molecule has 7 heteroatoms. The van der Waals surface area contributed by atoms with E-state index in [4.69, 9.17) is 14.2 Å². The summed E-state index contributed by atoms with van der Waals surface area (Å²) in [5.41, 5.74) is 0.852. The maximum absolute atomic E-state index is 12.7. The van der Waals surface area contributed by atoms with E-state index in [2.05, 4.69) is 13.8 Å². The van der Waals surface area contributed by atoms with Crippen molar-refractivity contribution in [2.24, 2.45) is 5.92 Å². The van der Waals surface area contributed by atoms with Crippen molar-refractivity contribution in [1.29, 1.82) is 0 Å². The summed E-state index contributed by atoms with van der Waals surface area (Å²) in [5.74, 6) is 0.757. The van der Waals surface area contributed by atoms with E-state index in [9.17, 15) is 14.7 Å². The molecule has 0 bridgehead atoms. The van der Waals surface area contributed by atoms with Crippen LogP contribution in [0.3, 0.4) is 0 Å². The van der Waals surface area contributed by atoms with Gasteiger partial charge in [-0.2, -0.15) is 0 Å². The van der Waals surface area contributed by atoms with Gasteiger partial charge in [-0.05, 0) is 55.5 Å². The minimum atomic E-state index is -0.975. The van der Waals surface area contributed by atoms with Crippen molar-refractivity contribution < 1.29 is 28.9 Å². The topological polar surface area (TPSA) is 85.3 Å². The molecular formula is C26H35NO6. The molecule has 0 saturated heterocycles. The Bertz CT molecular complexity index is 838. The van der Waals surface area contributed by atoms with Gasteiger partial charge in [0, 0.05) is 19.6 Å². The number of carbonyl (C=O) groups is 2. The van der Waals surface area contributed by atoms with Crippen LogP contribution in [-0.4, -0.2) is 54.5 Å². The fraction of sp³-hybridized carbons (Fsp3) is 0.462. The number of aliphatic carboxylic acids is 1.